The van der Waals surface area contributed by atoms with Gasteiger partial charge in [-0.1, -0.05) is 0 Å². The second-order valence-corrected chi connectivity index (χ2v) is 5.39. The van der Waals surface area contributed by atoms with Crippen LogP contribution in [-0.2, 0) is 9.47 Å². The van der Waals surface area contributed by atoms with Crippen molar-refractivity contribution in [1.82, 2.24) is 10.2 Å². The molecule has 16 heavy (non-hydrogen) atoms. The van der Waals surface area contributed by atoms with Gasteiger partial charge in [-0.2, -0.15) is 0 Å². The fourth-order valence-corrected chi connectivity index (χ4v) is 1.76. The molecule has 0 spiro atoms. The Kier molecular flexibility index (Phi) is 3.08. The molecule has 0 radical (unpaired) electrons. The van der Waals surface area contributed by atoms with Crippen LogP contribution in [0.3, 0.4) is 0 Å². The first-order valence-electron chi connectivity index (χ1n) is 5.77. The highest BCUT2D eigenvalue weighted by molar-refractivity contribution is 5.69. The van der Waals surface area contributed by atoms with Gasteiger partial charge in [0.2, 0.25) is 0 Å². The van der Waals surface area contributed by atoms with Gasteiger partial charge >= 0.3 is 6.09 Å². The molecule has 2 aliphatic rings. The van der Waals surface area contributed by atoms with Gasteiger partial charge in [-0.15, -0.1) is 0 Å². The molecule has 2 saturated heterocycles. The average molecular weight is 228 g/mol. The van der Waals surface area contributed by atoms with Crippen LogP contribution < -0.4 is 5.32 Å². The molecule has 0 aliphatic carbocycles. The van der Waals surface area contributed by atoms with Crippen LogP contribution in [0.25, 0.3) is 0 Å². The van der Waals surface area contributed by atoms with Gasteiger partial charge in [0.05, 0.1) is 25.3 Å². The van der Waals surface area contributed by atoms with E-state index in [1.807, 2.05) is 25.7 Å². The van der Waals surface area contributed by atoms with E-state index in [9.17, 15) is 4.79 Å². The van der Waals surface area contributed by atoms with E-state index >= 15 is 0 Å². The van der Waals surface area contributed by atoms with E-state index in [4.69, 9.17) is 9.47 Å². The van der Waals surface area contributed by atoms with Crippen molar-refractivity contribution in [3.05, 3.63) is 0 Å². The monoisotopic (exact) mass is 228 g/mol. The highest BCUT2D eigenvalue weighted by Gasteiger charge is 2.39. The minimum atomic E-state index is -0.433. The average Bonchev–Trinajstić information content (AvgIpc) is 1.92. The van der Waals surface area contributed by atoms with Gasteiger partial charge in [0.25, 0.3) is 0 Å². The third kappa shape index (κ3) is 2.47. The van der Waals surface area contributed by atoms with Gasteiger partial charge in [0.15, 0.2) is 0 Å². The van der Waals surface area contributed by atoms with Crippen molar-refractivity contribution in [1.29, 1.82) is 0 Å². The first-order valence-corrected chi connectivity index (χ1v) is 5.77. The molecule has 5 nitrogen and oxygen atoms in total. The summed E-state index contributed by atoms with van der Waals surface area (Å²) in [7, 11) is 0. The molecule has 0 atom stereocenters. The van der Waals surface area contributed by atoms with Crippen molar-refractivity contribution >= 4 is 6.09 Å². The smallest absolute Gasteiger partial charge is 0.411 e. The van der Waals surface area contributed by atoms with E-state index in [1.165, 1.54) is 0 Å². The molecule has 0 unspecified atom stereocenters. The lowest BCUT2D eigenvalue weighted by Crippen LogP contribution is -2.66. The van der Waals surface area contributed by atoms with Gasteiger partial charge in [-0.3, -0.25) is 4.90 Å². The molecule has 2 fully saturated rings. The van der Waals surface area contributed by atoms with E-state index in [1.54, 1.807) is 0 Å². The summed E-state index contributed by atoms with van der Waals surface area (Å²) in [5.41, 5.74) is -0.433. The van der Waals surface area contributed by atoms with E-state index < -0.39 is 5.60 Å². The molecule has 1 amide bonds. The Balaban J connectivity index is 1.97. The highest BCUT2D eigenvalue weighted by atomic mass is 16.6. The topological polar surface area (TPSA) is 50.8 Å². The number of amides is 1. The molecule has 0 aromatic carbocycles. The number of nitrogens with zero attached hydrogens (tertiary/aromatic N) is 1. The van der Waals surface area contributed by atoms with Crippen molar-refractivity contribution in [3.63, 3.8) is 0 Å². The Morgan fingerprint density at radius 2 is 1.94 bits per heavy atom. The zero-order valence-electron chi connectivity index (χ0n) is 10.2. The number of hydrogen-bond acceptors (Lipinski definition) is 4. The molecule has 0 saturated carbocycles. The zero-order chi connectivity index (χ0) is 11.8. The Hall–Kier alpha value is -0.810. The third-order valence-corrected chi connectivity index (χ3v) is 2.77. The first kappa shape index (κ1) is 11.7. The summed E-state index contributed by atoms with van der Waals surface area (Å²) >= 11 is 0. The summed E-state index contributed by atoms with van der Waals surface area (Å²) in [6, 6.07) is 0.464. The summed E-state index contributed by atoms with van der Waals surface area (Å²) in [6.45, 7) is 8.65. The minimum Gasteiger partial charge on any atom is -0.444 e. The van der Waals surface area contributed by atoms with E-state index in [0.717, 1.165) is 13.1 Å². The number of carbonyl (C=O) groups excluding carboxylic acids is 1. The first-order chi connectivity index (χ1) is 7.47. The molecule has 0 bridgehead atoms. The Labute approximate surface area is 96.1 Å². The number of hydrogen-bond donors (Lipinski definition) is 1. The maximum atomic E-state index is 12.0. The third-order valence-electron chi connectivity index (χ3n) is 2.77. The molecule has 0 aromatic rings. The fourth-order valence-electron chi connectivity index (χ4n) is 1.76. The number of rotatable bonds is 2. The Bertz CT molecular complexity index is 253. The zero-order valence-corrected chi connectivity index (χ0v) is 10.2. The SMILES string of the molecule is CC(C)(C)OC(=O)N(C1CNC1)C1COC1. The highest BCUT2D eigenvalue weighted by Crippen LogP contribution is 2.20. The molecule has 2 heterocycles. The van der Waals surface area contributed by atoms with Crippen LogP contribution in [-0.4, -0.2) is 55.0 Å². The van der Waals surface area contributed by atoms with Crippen molar-refractivity contribution in [2.75, 3.05) is 26.3 Å². The van der Waals surface area contributed by atoms with Crippen LogP contribution in [0.5, 0.6) is 0 Å². The van der Waals surface area contributed by atoms with Crippen LogP contribution in [0.1, 0.15) is 20.8 Å². The summed E-state index contributed by atoms with van der Waals surface area (Å²) in [4.78, 5) is 13.9. The van der Waals surface area contributed by atoms with Gasteiger partial charge in [0, 0.05) is 13.1 Å². The van der Waals surface area contributed by atoms with Crippen molar-refractivity contribution in [2.45, 2.75) is 38.5 Å². The van der Waals surface area contributed by atoms with Crippen molar-refractivity contribution in [3.8, 4) is 0 Å². The molecule has 5 heteroatoms. The second kappa shape index (κ2) is 4.22. The van der Waals surface area contributed by atoms with Crippen LogP contribution in [0.2, 0.25) is 0 Å². The summed E-state index contributed by atoms with van der Waals surface area (Å²) in [5.74, 6) is 0. The van der Waals surface area contributed by atoms with E-state index in [-0.39, 0.29) is 18.2 Å². The largest absolute Gasteiger partial charge is 0.444 e. The normalized spacial score (nSPS) is 22.2. The van der Waals surface area contributed by atoms with E-state index in [2.05, 4.69) is 5.32 Å². The van der Waals surface area contributed by atoms with Gasteiger partial charge < -0.3 is 14.8 Å². The Morgan fingerprint density at radius 1 is 1.31 bits per heavy atom. The molecule has 92 valence electrons. The van der Waals surface area contributed by atoms with E-state index in [0.29, 0.717) is 13.2 Å². The van der Waals surface area contributed by atoms with Crippen molar-refractivity contribution in [2.24, 2.45) is 0 Å². The molecule has 1 N–H and O–H groups in total. The lowest BCUT2D eigenvalue weighted by Gasteiger charge is -2.45. The Morgan fingerprint density at radius 3 is 2.25 bits per heavy atom. The molecule has 0 aromatic heterocycles. The summed E-state index contributed by atoms with van der Waals surface area (Å²) < 4.78 is 10.6. The van der Waals surface area contributed by atoms with Gasteiger partial charge in [0.1, 0.15) is 5.60 Å². The predicted octanol–water partition coefficient (Wildman–Crippen LogP) is 0.594. The molecule has 2 rings (SSSR count). The van der Waals surface area contributed by atoms with Gasteiger partial charge in [-0.05, 0) is 20.8 Å². The standard InChI is InChI=1S/C11H20N2O3/c1-11(2,3)16-10(14)13(8-4-12-5-8)9-6-15-7-9/h8-9,12H,4-7H2,1-3H3. The molecule has 2 aliphatic heterocycles. The summed E-state index contributed by atoms with van der Waals surface area (Å²) in [5, 5.41) is 3.17. The lowest BCUT2D eigenvalue weighted by molar-refractivity contribution is -0.0882. The lowest BCUT2D eigenvalue weighted by atomic mass is 10.1. The van der Waals surface area contributed by atoms with Crippen LogP contribution in [0, 0.1) is 0 Å². The quantitative estimate of drug-likeness (QED) is 0.751. The fraction of sp³-hybridized carbons (Fsp3) is 0.909. The minimum absolute atomic E-state index is 0.196. The van der Waals surface area contributed by atoms with Crippen LogP contribution >= 0.6 is 0 Å². The van der Waals surface area contributed by atoms with Gasteiger partial charge in [-0.25, -0.2) is 4.79 Å². The number of ether oxygens (including phenoxy) is 2. The molecular weight excluding hydrogens is 208 g/mol. The van der Waals surface area contributed by atoms with Crippen LogP contribution in [0.15, 0.2) is 0 Å². The summed E-state index contributed by atoms with van der Waals surface area (Å²) in [6.07, 6.45) is -0.215. The predicted molar refractivity (Wildman–Crippen MR) is 59.3 cm³/mol. The maximum Gasteiger partial charge on any atom is 0.411 e. The molecular formula is C11H20N2O3. The van der Waals surface area contributed by atoms with Crippen molar-refractivity contribution < 1.29 is 14.3 Å². The number of carbonyl (C=O) groups is 1. The van der Waals surface area contributed by atoms with Crippen LogP contribution in [0.4, 0.5) is 4.79 Å². The maximum absolute atomic E-state index is 12.0. The number of nitrogens with one attached hydrogen (secondary N) is 1. The second-order valence-electron chi connectivity index (χ2n) is 5.39.